The average molecular weight is 513 g/mol. The second-order valence-corrected chi connectivity index (χ2v) is 14.4. The minimum Gasteiger partial charge on any atom is -0.507 e. The highest BCUT2D eigenvalue weighted by atomic mass is 16.3. The second kappa shape index (κ2) is 9.46. The summed E-state index contributed by atoms with van der Waals surface area (Å²) in [6.07, 6.45) is 18.1. The summed E-state index contributed by atoms with van der Waals surface area (Å²) in [6.45, 7) is 9.53. The summed E-state index contributed by atoms with van der Waals surface area (Å²) in [7, 11) is 0. The summed E-state index contributed by atoms with van der Waals surface area (Å²) < 4.78 is 0. The molecule has 3 saturated carbocycles. The molecule has 2 heteroatoms. The van der Waals surface area contributed by atoms with E-state index < -0.39 is 0 Å². The topological polar surface area (TPSA) is 40.5 Å². The number of phenolic OH excluding ortho intramolecular Hbond substituents is 2. The number of hydrogen-bond acceptors (Lipinski definition) is 2. The standard InChI is InChI=1S/C36H48O2/c1-34(2)24-17-18-28(34)27(23-24)31(25-13-11-15-29(32(25)37)35(3)19-7-5-8-20-35)26-14-12-16-30(33(26)38)36(4)21-9-6-10-22-36/h11-18,24,27-28,31,37-38H,5-10,19-23H2,1-4H3. The molecule has 6 rings (SSSR count). The number of fused-ring (bicyclic) bond motifs is 2. The molecule has 0 aromatic heterocycles. The molecule has 0 amide bonds. The van der Waals surface area contributed by atoms with Crippen molar-refractivity contribution in [3.63, 3.8) is 0 Å². The molecule has 0 heterocycles. The monoisotopic (exact) mass is 512 g/mol. The van der Waals surface area contributed by atoms with E-state index >= 15 is 0 Å². The molecule has 2 aromatic rings. The van der Waals surface area contributed by atoms with E-state index in [1.807, 2.05) is 0 Å². The zero-order valence-electron chi connectivity index (χ0n) is 24.1. The lowest BCUT2D eigenvalue weighted by Crippen LogP contribution is -2.28. The van der Waals surface area contributed by atoms with E-state index in [0.717, 1.165) is 54.4 Å². The highest BCUT2D eigenvalue weighted by Crippen LogP contribution is 2.63. The Kier molecular flexibility index (Phi) is 6.48. The fraction of sp³-hybridized carbons (Fsp3) is 0.611. The van der Waals surface area contributed by atoms with Gasteiger partial charge in [0.25, 0.3) is 0 Å². The van der Waals surface area contributed by atoms with Gasteiger partial charge in [0.2, 0.25) is 0 Å². The van der Waals surface area contributed by atoms with Gasteiger partial charge >= 0.3 is 0 Å². The van der Waals surface area contributed by atoms with Crippen LogP contribution in [-0.2, 0) is 10.8 Å². The van der Waals surface area contributed by atoms with Crippen LogP contribution < -0.4 is 0 Å². The predicted octanol–water partition coefficient (Wildman–Crippen LogP) is 9.52. The first-order chi connectivity index (χ1) is 18.2. The van der Waals surface area contributed by atoms with Crippen molar-refractivity contribution in [2.45, 2.75) is 115 Å². The van der Waals surface area contributed by atoms with Gasteiger partial charge in [-0.25, -0.2) is 0 Å². The summed E-state index contributed by atoms with van der Waals surface area (Å²) >= 11 is 0. The second-order valence-electron chi connectivity index (χ2n) is 14.4. The number of benzene rings is 2. The highest BCUT2D eigenvalue weighted by Gasteiger charge is 2.53. The maximum Gasteiger partial charge on any atom is 0.123 e. The van der Waals surface area contributed by atoms with Crippen LogP contribution in [0.15, 0.2) is 48.6 Å². The van der Waals surface area contributed by atoms with Crippen molar-refractivity contribution >= 4 is 0 Å². The zero-order valence-corrected chi connectivity index (χ0v) is 24.1. The molecular weight excluding hydrogens is 464 g/mol. The van der Waals surface area contributed by atoms with Gasteiger partial charge in [-0.15, -0.1) is 0 Å². The van der Waals surface area contributed by atoms with Crippen LogP contribution in [-0.4, -0.2) is 10.2 Å². The summed E-state index contributed by atoms with van der Waals surface area (Å²) in [5, 5.41) is 24.1. The zero-order chi connectivity index (χ0) is 26.7. The molecule has 4 aliphatic carbocycles. The van der Waals surface area contributed by atoms with Crippen molar-refractivity contribution in [2.24, 2.45) is 23.2 Å². The minimum absolute atomic E-state index is 0.0199. The number of phenols is 2. The van der Waals surface area contributed by atoms with Gasteiger partial charge in [0.15, 0.2) is 0 Å². The largest absolute Gasteiger partial charge is 0.507 e. The third-order valence-electron chi connectivity index (χ3n) is 11.8. The molecule has 204 valence electrons. The van der Waals surface area contributed by atoms with Crippen molar-refractivity contribution < 1.29 is 10.2 Å². The maximum absolute atomic E-state index is 12.1. The maximum atomic E-state index is 12.1. The van der Waals surface area contributed by atoms with Crippen molar-refractivity contribution in [1.29, 1.82) is 0 Å². The van der Waals surface area contributed by atoms with Gasteiger partial charge < -0.3 is 10.2 Å². The summed E-state index contributed by atoms with van der Waals surface area (Å²) in [4.78, 5) is 0. The van der Waals surface area contributed by atoms with Gasteiger partial charge in [0.05, 0.1) is 0 Å². The van der Waals surface area contributed by atoms with Gasteiger partial charge in [0, 0.05) is 28.2 Å². The average Bonchev–Trinajstić information content (AvgIpc) is 3.33. The van der Waals surface area contributed by atoms with Crippen LogP contribution in [0.3, 0.4) is 0 Å². The number of allylic oxidation sites excluding steroid dienone is 2. The summed E-state index contributed by atoms with van der Waals surface area (Å²) in [5.41, 5.74) is 4.55. The number of hydrogen-bond donors (Lipinski definition) is 2. The minimum atomic E-state index is -0.0199. The molecule has 3 unspecified atom stereocenters. The van der Waals surface area contributed by atoms with Gasteiger partial charge in [-0.1, -0.05) is 115 Å². The van der Waals surface area contributed by atoms with E-state index in [0.29, 0.717) is 29.3 Å². The van der Waals surface area contributed by atoms with Crippen LogP contribution in [0.25, 0.3) is 0 Å². The predicted molar refractivity (Wildman–Crippen MR) is 157 cm³/mol. The Morgan fingerprint density at radius 1 is 0.658 bits per heavy atom. The number of aromatic hydroxyl groups is 2. The van der Waals surface area contributed by atoms with Gasteiger partial charge in [-0.3, -0.25) is 0 Å². The molecule has 2 nitrogen and oxygen atoms in total. The first-order valence-corrected chi connectivity index (χ1v) is 15.5. The van der Waals surface area contributed by atoms with Crippen LogP contribution in [0, 0.1) is 23.2 Å². The summed E-state index contributed by atoms with van der Waals surface area (Å²) in [6, 6.07) is 13.0. The Morgan fingerprint density at radius 3 is 1.53 bits per heavy atom. The quantitative estimate of drug-likeness (QED) is 0.392. The highest BCUT2D eigenvalue weighted by molar-refractivity contribution is 5.55. The third-order valence-corrected chi connectivity index (χ3v) is 11.8. The Bertz CT molecular complexity index is 1130. The smallest absolute Gasteiger partial charge is 0.123 e. The molecule has 0 aliphatic heterocycles. The van der Waals surface area contributed by atoms with Crippen LogP contribution in [0.1, 0.15) is 126 Å². The van der Waals surface area contributed by atoms with Crippen molar-refractivity contribution in [1.82, 2.24) is 0 Å². The van der Waals surface area contributed by atoms with Crippen molar-refractivity contribution in [3.05, 3.63) is 70.8 Å². The fourth-order valence-corrected chi connectivity index (χ4v) is 9.29. The van der Waals surface area contributed by atoms with Gasteiger partial charge in [-0.05, 0) is 66.1 Å². The fourth-order valence-electron chi connectivity index (χ4n) is 9.29. The van der Waals surface area contributed by atoms with Gasteiger partial charge in [-0.2, -0.15) is 0 Å². The normalized spacial score (nSPS) is 29.1. The van der Waals surface area contributed by atoms with Crippen LogP contribution in [0.4, 0.5) is 0 Å². The molecule has 0 radical (unpaired) electrons. The van der Waals surface area contributed by atoms with Crippen LogP contribution >= 0.6 is 0 Å². The van der Waals surface area contributed by atoms with E-state index in [4.69, 9.17) is 0 Å². The molecule has 2 aromatic carbocycles. The number of rotatable bonds is 5. The molecule has 38 heavy (non-hydrogen) atoms. The van der Waals surface area contributed by atoms with E-state index in [-0.39, 0.29) is 22.2 Å². The Hall–Kier alpha value is -2.22. The lowest BCUT2D eigenvalue weighted by molar-refractivity contribution is 0.248. The SMILES string of the molecule is CC1(c2cccc(C(c3cccc(C4(C)CCCCC4)c3O)C3CC4C=CC3C4(C)C)c2O)CCCCC1. The molecule has 0 spiro atoms. The van der Waals surface area contributed by atoms with E-state index in [1.54, 1.807) is 0 Å². The van der Waals surface area contributed by atoms with Crippen LogP contribution in [0.2, 0.25) is 0 Å². The lowest BCUT2D eigenvalue weighted by atomic mass is 9.66. The number of para-hydroxylation sites is 2. The Balaban J connectivity index is 1.50. The van der Waals surface area contributed by atoms with E-state index in [9.17, 15) is 10.2 Å². The van der Waals surface area contributed by atoms with Crippen molar-refractivity contribution in [3.8, 4) is 11.5 Å². The third kappa shape index (κ3) is 4.04. The first kappa shape index (κ1) is 26.0. The van der Waals surface area contributed by atoms with Crippen molar-refractivity contribution in [2.75, 3.05) is 0 Å². The lowest BCUT2D eigenvalue weighted by Gasteiger charge is -2.38. The Labute approximate surface area is 230 Å². The molecular formula is C36H48O2. The first-order valence-electron chi connectivity index (χ1n) is 15.5. The molecule has 2 bridgehead atoms. The van der Waals surface area contributed by atoms with Gasteiger partial charge in [0.1, 0.15) is 11.5 Å². The molecule has 0 saturated heterocycles. The molecule has 4 aliphatic rings. The molecule has 3 atom stereocenters. The summed E-state index contributed by atoms with van der Waals surface area (Å²) in [5.74, 6) is 2.32. The Morgan fingerprint density at radius 2 is 1.13 bits per heavy atom. The molecule has 2 N–H and O–H groups in total. The van der Waals surface area contributed by atoms with Crippen LogP contribution in [0.5, 0.6) is 11.5 Å². The molecule has 3 fully saturated rings. The van der Waals surface area contributed by atoms with E-state index in [2.05, 4.69) is 76.2 Å². The van der Waals surface area contributed by atoms with E-state index in [1.165, 1.54) is 38.5 Å².